The predicted molar refractivity (Wildman–Crippen MR) is 73.8 cm³/mol. The molecule has 5 heteroatoms. The molecule has 0 saturated heterocycles. The molecule has 0 spiro atoms. The van der Waals surface area contributed by atoms with Crippen LogP contribution in [0.5, 0.6) is 5.75 Å². The van der Waals surface area contributed by atoms with Crippen molar-refractivity contribution >= 4 is 0 Å². The lowest BCUT2D eigenvalue weighted by Crippen LogP contribution is -2.35. The molecule has 1 aromatic carbocycles. The summed E-state index contributed by atoms with van der Waals surface area (Å²) in [4.78, 5) is 0. The van der Waals surface area contributed by atoms with Gasteiger partial charge in [-0.3, -0.25) is 0 Å². The lowest BCUT2D eigenvalue weighted by molar-refractivity contribution is -0.136. The lowest BCUT2D eigenvalue weighted by Gasteiger charge is -2.20. The molecule has 0 saturated carbocycles. The monoisotopic (exact) mass is 289 g/mol. The van der Waals surface area contributed by atoms with Crippen LogP contribution < -0.4 is 10.1 Å². The highest BCUT2D eigenvalue weighted by Gasteiger charge is 2.26. The molecular weight excluding hydrogens is 267 g/mol. The number of hydrogen-bond acceptors (Lipinski definition) is 2. The number of ether oxygens (including phenoxy) is 1. The maximum Gasteiger partial charge on any atom is 0.389 e. The SMILES string of the molecule is CC(C)(C)NCc1cccc(OCCCC(F)(F)F)c1. The van der Waals surface area contributed by atoms with Gasteiger partial charge in [-0.25, -0.2) is 0 Å². The Labute approximate surface area is 118 Å². The predicted octanol–water partition coefficient (Wildman–Crippen LogP) is 4.30. The zero-order valence-electron chi connectivity index (χ0n) is 12.2. The molecule has 0 radical (unpaired) electrons. The van der Waals surface area contributed by atoms with E-state index in [2.05, 4.69) is 26.1 Å². The summed E-state index contributed by atoms with van der Waals surface area (Å²) in [5.41, 5.74) is 1.07. The maximum atomic E-state index is 12.0. The molecule has 0 aliphatic heterocycles. The Bertz CT molecular complexity index is 410. The third kappa shape index (κ3) is 8.04. The van der Waals surface area contributed by atoms with Crippen LogP contribution in [0.2, 0.25) is 0 Å². The normalized spacial score (nSPS) is 12.5. The number of rotatable bonds is 6. The highest BCUT2D eigenvalue weighted by atomic mass is 19.4. The van der Waals surface area contributed by atoms with Crippen molar-refractivity contribution in [2.24, 2.45) is 0 Å². The smallest absolute Gasteiger partial charge is 0.389 e. The van der Waals surface area contributed by atoms with Gasteiger partial charge in [0, 0.05) is 18.5 Å². The molecule has 0 unspecified atom stereocenters. The van der Waals surface area contributed by atoms with Crippen LogP contribution in [0.25, 0.3) is 0 Å². The van der Waals surface area contributed by atoms with Gasteiger partial charge in [0.25, 0.3) is 0 Å². The third-order valence-electron chi connectivity index (χ3n) is 2.59. The van der Waals surface area contributed by atoms with Crippen molar-refractivity contribution in [2.45, 2.75) is 51.9 Å². The number of halogens is 3. The van der Waals surface area contributed by atoms with Crippen LogP contribution in [0.3, 0.4) is 0 Å². The van der Waals surface area contributed by atoms with Crippen LogP contribution in [0.1, 0.15) is 39.2 Å². The van der Waals surface area contributed by atoms with Crippen molar-refractivity contribution in [2.75, 3.05) is 6.61 Å². The summed E-state index contributed by atoms with van der Waals surface area (Å²) in [6.45, 7) is 7.00. The molecule has 114 valence electrons. The van der Waals surface area contributed by atoms with Crippen LogP contribution >= 0.6 is 0 Å². The van der Waals surface area contributed by atoms with Gasteiger partial charge in [0.05, 0.1) is 6.61 Å². The Morgan fingerprint density at radius 3 is 2.45 bits per heavy atom. The molecule has 20 heavy (non-hydrogen) atoms. The topological polar surface area (TPSA) is 21.3 Å². The minimum atomic E-state index is -4.11. The first kappa shape index (κ1) is 16.8. The first-order valence-electron chi connectivity index (χ1n) is 6.69. The van der Waals surface area contributed by atoms with E-state index in [9.17, 15) is 13.2 Å². The third-order valence-corrected chi connectivity index (χ3v) is 2.59. The van der Waals surface area contributed by atoms with Gasteiger partial charge >= 0.3 is 6.18 Å². The molecule has 0 amide bonds. The Morgan fingerprint density at radius 2 is 1.85 bits per heavy atom. The van der Waals surface area contributed by atoms with Crippen molar-refractivity contribution in [3.05, 3.63) is 29.8 Å². The molecule has 0 heterocycles. The van der Waals surface area contributed by atoms with Crippen LogP contribution in [0.4, 0.5) is 13.2 Å². The fraction of sp³-hybridized carbons (Fsp3) is 0.600. The van der Waals surface area contributed by atoms with E-state index in [0.29, 0.717) is 12.3 Å². The lowest BCUT2D eigenvalue weighted by atomic mass is 10.1. The highest BCUT2D eigenvalue weighted by Crippen LogP contribution is 2.21. The maximum absolute atomic E-state index is 12.0. The summed E-state index contributed by atoms with van der Waals surface area (Å²) in [5, 5.41) is 3.35. The molecule has 0 fully saturated rings. The average molecular weight is 289 g/mol. The summed E-state index contributed by atoms with van der Waals surface area (Å²) < 4.78 is 41.3. The molecule has 1 aromatic rings. The molecule has 0 aliphatic carbocycles. The minimum absolute atomic E-state index is 0.0174. The zero-order valence-corrected chi connectivity index (χ0v) is 12.2. The van der Waals surface area contributed by atoms with Gasteiger partial charge in [-0.2, -0.15) is 13.2 Å². The summed E-state index contributed by atoms with van der Waals surface area (Å²) in [5.74, 6) is 0.611. The number of benzene rings is 1. The minimum Gasteiger partial charge on any atom is -0.494 e. The molecular formula is C15H22F3NO. The second-order valence-electron chi connectivity index (χ2n) is 5.82. The van der Waals surface area contributed by atoms with E-state index in [-0.39, 0.29) is 18.6 Å². The highest BCUT2D eigenvalue weighted by molar-refractivity contribution is 5.28. The van der Waals surface area contributed by atoms with E-state index in [1.54, 1.807) is 6.07 Å². The molecule has 0 aromatic heterocycles. The standard InChI is InChI=1S/C15H22F3NO/c1-14(2,3)19-11-12-6-4-7-13(10-12)20-9-5-8-15(16,17)18/h4,6-7,10,19H,5,8-9,11H2,1-3H3. The molecule has 0 aliphatic rings. The fourth-order valence-corrected chi connectivity index (χ4v) is 1.58. The van der Waals surface area contributed by atoms with Crippen LogP contribution in [-0.2, 0) is 6.54 Å². The van der Waals surface area contributed by atoms with Crippen LogP contribution in [-0.4, -0.2) is 18.3 Å². The van der Waals surface area contributed by atoms with Gasteiger partial charge < -0.3 is 10.1 Å². The van der Waals surface area contributed by atoms with Crippen LogP contribution in [0.15, 0.2) is 24.3 Å². The van der Waals surface area contributed by atoms with E-state index in [1.165, 1.54) is 0 Å². The van der Waals surface area contributed by atoms with Gasteiger partial charge in [-0.1, -0.05) is 12.1 Å². The number of hydrogen-bond donors (Lipinski definition) is 1. The van der Waals surface area contributed by atoms with Crippen molar-refractivity contribution in [3.8, 4) is 5.75 Å². The van der Waals surface area contributed by atoms with E-state index >= 15 is 0 Å². The van der Waals surface area contributed by atoms with E-state index < -0.39 is 12.6 Å². The molecule has 1 rings (SSSR count). The van der Waals surface area contributed by atoms with E-state index in [4.69, 9.17) is 4.74 Å². The summed E-state index contributed by atoms with van der Waals surface area (Å²) in [7, 11) is 0. The summed E-state index contributed by atoms with van der Waals surface area (Å²) in [6, 6.07) is 7.42. The summed E-state index contributed by atoms with van der Waals surface area (Å²) >= 11 is 0. The molecule has 0 atom stereocenters. The van der Waals surface area contributed by atoms with Crippen molar-refractivity contribution in [1.82, 2.24) is 5.32 Å². The molecule has 0 bridgehead atoms. The van der Waals surface area contributed by atoms with Crippen LogP contribution in [0, 0.1) is 0 Å². The number of alkyl halides is 3. The quantitative estimate of drug-likeness (QED) is 0.789. The molecule has 2 nitrogen and oxygen atoms in total. The van der Waals surface area contributed by atoms with Gasteiger partial charge in [0.2, 0.25) is 0 Å². The Balaban J connectivity index is 2.40. The second kappa shape index (κ2) is 6.97. The van der Waals surface area contributed by atoms with Crippen molar-refractivity contribution in [3.63, 3.8) is 0 Å². The largest absolute Gasteiger partial charge is 0.494 e. The first-order chi connectivity index (χ1) is 9.16. The first-order valence-corrected chi connectivity index (χ1v) is 6.69. The van der Waals surface area contributed by atoms with E-state index in [0.717, 1.165) is 5.56 Å². The van der Waals surface area contributed by atoms with Gasteiger partial charge in [-0.05, 0) is 44.9 Å². The number of nitrogens with one attached hydrogen (secondary N) is 1. The Morgan fingerprint density at radius 1 is 1.15 bits per heavy atom. The second-order valence-corrected chi connectivity index (χ2v) is 5.82. The fourth-order valence-electron chi connectivity index (χ4n) is 1.58. The molecule has 1 N–H and O–H groups in total. The van der Waals surface area contributed by atoms with Crippen molar-refractivity contribution in [1.29, 1.82) is 0 Å². The average Bonchev–Trinajstić information content (AvgIpc) is 2.31. The Kier molecular flexibility index (Phi) is 5.87. The Hall–Kier alpha value is -1.23. The summed E-state index contributed by atoms with van der Waals surface area (Å²) in [6.07, 6.45) is -4.94. The van der Waals surface area contributed by atoms with E-state index in [1.807, 2.05) is 18.2 Å². The van der Waals surface area contributed by atoms with Crippen molar-refractivity contribution < 1.29 is 17.9 Å². The van der Waals surface area contributed by atoms with Gasteiger partial charge in [0.15, 0.2) is 0 Å². The van der Waals surface area contributed by atoms with Gasteiger partial charge in [-0.15, -0.1) is 0 Å². The van der Waals surface area contributed by atoms with Gasteiger partial charge in [0.1, 0.15) is 5.75 Å². The zero-order chi connectivity index (χ0) is 15.2.